The number of pyridine rings is 1. The number of para-hydroxylation sites is 2. The summed E-state index contributed by atoms with van der Waals surface area (Å²) in [6, 6.07) is 20.4. The SMILES string of the molecule is Cc1ccccc1-n1c(SCc2nc3ccccc3s2)nnc1-c1ccncc1. The molecule has 5 rings (SSSR count). The molecule has 0 radical (unpaired) electrons. The number of rotatable bonds is 5. The molecule has 3 heterocycles. The molecular weight excluding hydrogens is 398 g/mol. The fourth-order valence-corrected chi connectivity index (χ4v) is 5.10. The van der Waals surface area contributed by atoms with E-state index in [2.05, 4.69) is 50.9 Å². The van der Waals surface area contributed by atoms with Gasteiger partial charge < -0.3 is 0 Å². The summed E-state index contributed by atoms with van der Waals surface area (Å²) in [5.74, 6) is 1.56. The lowest BCUT2D eigenvalue weighted by Crippen LogP contribution is -2.02. The number of fused-ring (bicyclic) bond motifs is 1. The van der Waals surface area contributed by atoms with Crippen LogP contribution < -0.4 is 0 Å². The Morgan fingerprint density at radius 3 is 2.55 bits per heavy atom. The van der Waals surface area contributed by atoms with Gasteiger partial charge in [-0.05, 0) is 42.8 Å². The molecule has 0 saturated heterocycles. The zero-order valence-electron chi connectivity index (χ0n) is 15.7. The third-order valence-electron chi connectivity index (χ3n) is 4.59. The maximum Gasteiger partial charge on any atom is 0.196 e. The molecule has 0 amide bonds. The van der Waals surface area contributed by atoms with E-state index in [0.29, 0.717) is 0 Å². The van der Waals surface area contributed by atoms with Crippen LogP contribution in [0.4, 0.5) is 0 Å². The minimum absolute atomic E-state index is 0.750. The van der Waals surface area contributed by atoms with Crippen molar-refractivity contribution in [1.82, 2.24) is 24.7 Å². The zero-order valence-corrected chi connectivity index (χ0v) is 17.3. The lowest BCUT2D eigenvalue weighted by Gasteiger charge is -2.12. The van der Waals surface area contributed by atoms with Gasteiger partial charge in [0.25, 0.3) is 0 Å². The highest BCUT2D eigenvalue weighted by molar-refractivity contribution is 7.98. The van der Waals surface area contributed by atoms with Gasteiger partial charge in [0, 0.05) is 18.0 Å². The van der Waals surface area contributed by atoms with Crippen molar-refractivity contribution in [3.05, 3.63) is 83.6 Å². The first-order valence-electron chi connectivity index (χ1n) is 9.18. The molecule has 0 aliphatic rings. The van der Waals surface area contributed by atoms with Crippen molar-refractivity contribution in [2.75, 3.05) is 0 Å². The summed E-state index contributed by atoms with van der Waals surface area (Å²) in [6.45, 7) is 2.10. The van der Waals surface area contributed by atoms with Gasteiger partial charge in [-0.2, -0.15) is 0 Å². The lowest BCUT2D eigenvalue weighted by atomic mass is 10.2. The Balaban J connectivity index is 1.54. The van der Waals surface area contributed by atoms with E-state index in [1.165, 1.54) is 10.3 Å². The predicted octanol–water partition coefficient (Wildman–Crippen LogP) is 5.54. The molecule has 5 aromatic rings. The number of hydrogen-bond donors (Lipinski definition) is 0. The summed E-state index contributed by atoms with van der Waals surface area (Å²) in [7, 11) is 0. The Bertz CT molecular complexity index is 1240. The summed E-state index contributed by atoms with van der Waals surface area (Å²) >= 11 is 3.38. The van der Waals surface area contributed by atoms with E-state index in [0.717, 1.165) is 38.5 Å². The number of aromatic nitrogens is 5. The highest BCUT2D eigenvalue weighted by atomic mass is 32.2. The second-order valence-electron chi connectivity index (χ2n) is 6.53. The average Bonchev–Trinajstić information content (AvgIpc) is 3.37. The van der Waals surface area contributed by atoms with Gasteiger partial charge in [-0.1, -0.05) is 42.1 Å². The summed E-state index contributed by atoms with van der Waals surface area (Å²) in [6.07, 6.45) is 3.56. The smallest absolute Gasteiger partial charge is 0.196 e. The first-order valence-corrected chi connectivity index (χ1v) is 11.0. The molecular formula is C22H17N5S2. The number of hydrogen-bond acceptors (Lipinski definition) is 6. The van der Waals surface area contributed by atoms with Crippen molar-refractivity contribution in [1.29, 1.82) is 0 Å². The van der Waals surface area contributed by atoms with Crippen molar-refractivity contribution in [2.24, 2.45) is 0 Å². The summed E-state index contributed by atoms with van der Waals surface area (Å²) in [4.78, 5) is 8.87. The molecule has 0 N–H and O–H groups in total. The zero-order chi connectivity index (χ0) is 19.6. The van der Waals surface area contributed by atoms with Crippen LogP contribution in [0.3, 0.4) is 0 Å². The van der Waals surface area contributed by atoms with Gasteiger partial charge in [0.05, 0.1) is 21.7 Å². The maximum atomic E-state index is 4.74. The van der Waals surface area contributed by atoms with E-state index in [1.54, 1.807) is 35.5 Å². The van der Waals surface area contributed by atoms with E-state index in [-0.39, 0.29) is 0 Å². The van der Waals surface area contributed by atoms with Crippen molar-refractivity contribution in [2.45, 2.75) is 17.8 Å². The fraction of sp³-hybridized carbons (Fsp3) is 0.0909. The normalized spacial score (nSPS) is 11.2. The highest BCUT2D eigenvalue weighted by Gasteiger charge is 2.18. The molecule has 0 bridgehead atoms. The monoisotopic (exact) mass is 415 g/mol. The number of thioether (sulfide) groups is 1. The van der Waals surface area contributed by atoms with Crippen LogP contribution in [0.1, 0.15) is 10.6 Å². The fourth-order valence-electron chi connectivity index (χ4n) is 3.19. The maximum absolute atomic E-state index is 4.74. The van der Waals surface area contributed by atoms with Crippen LogP contribution in [0, 0.1) is 6.92 Å². The summed E-state index contributed by atoms with van der Waals surface area (Å²) in [5, 5.41) is 11.0. The molecule has 0 unspecified atom stereocenters. The third kappa shape index (κ3) is 3.54. The molecule has 2 aromatic carbocycles. The number of nitrogens with zero attached hydrogens (tertiary/aromatic N) is 5. The van der Waals surface area contributed by atoms with Crippen molar-refractivity contribution in [3.63, 3.8) is 0 Å². The van der Waals surface area contributed by atoms with Crippen LogP contribution in [0.25, 0.3) is 27.3 Å². The molecule has 0 aliphatic carbocycles. The highest BCUT2D eigenvalue weighted by Crippen LogP contribution is 2.32. The molecule has 0 saturated carbocycles. The van der Waals surface area contributed by atoms with Gasteiger partial charge in [0.1, 0.15) is 5.01 Å². The van der Waals surface area contributed by atoms with Crippen molar-refractivity contribution >= 4 is 33.3 Å². The van der Waals surface area contributed by atoms with Gasteiger partial charge in [0.2, 0.25) is 0 Å². The van der Waals surface area contributed by atoms with Crippen LogP contribution in [0.5, 0.6) is 0 Å². The number of benzene rings is 2. The van der Waals surface area contributed by atoms with Gasteiger partial charge >= 0.3 is 0 Å². The lowest BCUT2D eigenvalue weighted by molar-refractivity contribution is 0.880. The van der Waals surface area contributed by atoms with E-state index < -0.39 is 0 Å². The second-order valence-corrected chi connectivity index (χ2v) is 8.59. The Labute approximate surface area is 176 Å². The molecule has 142 valence electrons. The Morgan fingerprint density at radius 2 is 1.72 bits per heavy atom. The standard InChI is InChI=1S/C22H17N5S2/c1-15-6-2-4-8-18(15)27-21(16-10-12-23-13-11-16)25-26-22(27)28-14-20-24-17-7-3-5-9-19(17)29-20/h2-13H,14H2,1H3. The predicted molar refractivity (Wildman–Crippen MR) is 119 cm³/mol. The van der Waals surface area contributed by atoms with Crippen molar-refractivity contribution < 1.29 is 0 Å². The molecule has 0 spiro atoms. The van der Waals surface area contributed by atoms with E-state index in [9.17, 15) is 0 Å². The average molecular weight is 416 g/mol. The first kappa shape index (κ1) is 18.0. The molecule has 0 atom stereocenters. The second kappa shape index (κ2) is 7.77. The van der Waals surface area contributed by atoms with E-state index in [1.807, 2.05) is 36.4 Å². The molecule has 29 heavy (non-hydrogen) atoms. The van der Waals surface area contributed by atoms with E-state index >= 15 is 0 Å². The Hall–Kier alpha value is -3.03. The van der Waals surface area contributed by atoms with Gasteiger partial charge in [-0.15, -0.1) is 21.5 Å². The van der Waals surface area contributed by atoms with Crippen LogP contribution >= 0.6 is 23.1 Å². The van der Waals surface area contributed by atoms with Gasteiger partial charge in [-0.25, -0.2) is 4.98 Å². The van der Waals surface area contributed by atoms with Crippen molar-refractivity contribution in [3.8, 4) is 17.1 Å². The van der Waals surface area contributed by atoms with Crippen LogP contribution in [-0.4, -0.2) is 24.7 Å². The topological polar surface area (TPSA) is 56.5 Å². The molecule has 3 aromatic heterocycles. The minimum Gasteiger partial charge on any atom is -0.270 e. The first-order chi connectivity index (χ1) is 14.3. The summed E-state index contributed by atoms with van der Waals surface area (Å²) in [5.41, 5.74) is 4.29. The van der Waals surface area contributed by atoms with Crippen LogP contribution in [-0.2, 0) is 5.75 Å². The molecule has 7 heteroatoms. The van der Waals surface area contributed by atoms with Crippen LogP contribution in [0.2, 0.25) is 0 Å². The van der Waals surface area contributed by atoms with E-state index in [4.69, 9.17) is 4.98 Å². The molecule has 0 fully saturated rings. The Morgan fingerprint density at radius 1 is 0.931 bits per heavy atom. The minimum atomic E-state index is 0.750. The Kier molecular flexibility index (Phi) is 4.83. The largest absolute Gasteiger partial charge is 0.270 e. The number of aryl methyl sites for hydroxylation is 1. The quantitative estimate of drug-likeness (QED) is 0.353. The third-order valence-corrected chi connectivity index (χ3v) is 6.75. The summed E-state index contributed by atoms with van der Waals surface area (Å²) < 4.78 is 3.34. The molecule has 5 nitrogen and oxygen atoms in total. The number of thiazole rings is 1. The molecule has 0 aliphatic heterocycles. The van der Waals surface area contributed by atoms with Gasteiger partial charge in [0.15, 0.2) is 11.0 Å². The van der Waals surface area contributed by atoms with Crippen LogP contribution in [0.15, 0.2) is 78.2 Å². The van der Waals surface area contributed by atoms with Gasteiger partial charge in [-0.3, -0.25) is 9.55 Å².